The van der Waals surface area contributed by atoms with E-state index in [0.29, 0.717) is 5.92 Å². The molecule has 0 spiro atoms. The summed E-state index contributed by atoms with van der Waals surface area (Å²) in [4.78, 5) is 4.69. The Labute approximate surface area is 83.6 Å². The molecule has 0 amide bonds. The van der Waals surface area contributed by atoms with Crippen molar-refractivity contribution >= 4 is 11.0 Å². The maximum absolute atomic E-state index is 4.69. The first-order valence-corrected chi connectivity index (χ1v) is 5.22. The van der Waals surface area contributed by atoms with Crippen molar-refractivity contribution < 1.29 is 0 Å². The van der Waals surface area contributed by atoms with E-state index >= 15 is 0 Å². The Hall–Kier alpha value is -1.31. The Balaban J connectivity index is 2.31. The molecule has 72 valence electrons. The third kappa shape index (κ3) is 0.884. The molecule has 0 N–H and O–H groups in total. The Morgan fingerprint density at radius 3 is 2.93 bits per heavy atom. The quantitative estimate of drug-likeness (QED) is 0.618. The second kappa shape index (κ2) is 2.59. The van der Waals surface area contributed by atoms with Crippen molar-refractivity contribution in [3.05, 3.63) is 30.1 Å². The Kier molecular flexibility index (Phi) is 1.49. The van der Waals surface area contributed by atoms with E-state index in [0.717, 1.165) is 18.0 Å². The van der Waals surface area contributed by atoms with E-state index in [1.807, 2.05) is 0 Å². The Morgan fingerprint density at radius 1 is 1.29 bits per heavy atom. The summed E-state index contributed by atoms with van der Waals surface area (Å²) in [5.74, 6) is 2.59. The van der Waals surface area contributed by atoms with Gasteiger partial charge in [-0.25, -0.2) is 4.98 Å². The number of hydrogen-bond donors (Lipinski definition) is 0. The molecule has 0 radical (unpaired) electrons. The van der Waals surface area contributed by atoms with Crippen molar-refractivity contribution in [3.63, 3.8) is 0 Å². The number of aromatic nitrogens is 2. The molecule has 3 rings (SSSR count). The van der Waals surface area contributed by atoms with Crippen LogP contribution in [0, 0.1) is 5.92 Å². The summed E-state index contributed by atoms with van der Waals surface area (Å²) >= 11 is 0. The number of benzene rings is 1. The van der Waals surface area contributed by atoms with Crippen LogP contribution in [0.1, 0.15) is 25.6 Å². The van der Waals surface area contributed by atoms with Crippen LogP contribution in [-0.2, 0) is 6.54 Å². The average Bonchev–Trinajstić information content (AvgIpc) is 2.67. The van der Waals surface area contributed by atoms with Crippen molar-refractivity contribution in [1.29, 1.82) is 0 Å². The number of para-hydroxylation sites is 2. The summed E-state index contributed by atoms with van der Waals surface area (Å²) in [6, 6.07) is 8.40. The predicted molar refractivity (Wildman–Crippen MR) is 57.3 cm³/mol. The van der Waals surface area contributed by atoms with Crippen molar-refractivity contribution in [2.24, 2.45) is 5.92 Å². The second-order valence-corrected chi connectivity index (χ2v) is 4.34. The third-order valence-corrected chi connectivity index (χ3v) is 3.42. The molecule has 1 aliphatic rings. The van der Waals surface area contributed by atoms with E-state index in [9.17, 15) is 0 Å². The highest BCUT2D eigenvalue weighted by molar-refractivity contribution is 5.76. The van der Waals surface area contributed by atoms with Crippen LogP contribution in [-0.4, -0.2) is 9.55 Å². The van der Waals surface area contributed by atoms with Crippen LogP contribution in [0.2, 0.25) is 0 Å². The lowest BCUT2D eigenvalue weighted by Gasteiger charge is -2.05. The molecule has 0 saturated carbocycles. The SMILES string of the molecule is C[C@H]1Cn2c(nc3ccccc32)[C@@H]1C. The molecule has 2 atom stereocenters. The van der Waals surface area contributed by atoms with Gasteiger partial charge in [0.1, 0.15) is 5.82 Å². The van der Waals surface area contributed by atoms with Gasteiger partial charge in [0.15, 0.2) is 0 Å². The minimum Gasteiger partial charge on any atom is -0.327 e. The minimum absolute atomic E-state index is 0.599. The number of rotatable bonds is 0. The van der Waals surface area contributed by atoms with Gasteiger partial charge in [-0.1, -0.05) is 26.0 Å². The first-order chi connectivity index (χ1) is 6.77. The number of nitrogens with zero attached hydrogens (tertiary/aromatic N) is 2. The van der Waals surface area contributed by atoms with E-state index in [1.54, 1.807) is 0 Å². The molecular weight excluding hydrogens is 172 g/mol. The first kappa shape index (κ1) is 8.04. The molecule has 2 heteroatoms. The summed E-state index contributed by atoms with van der Waals surface area (Å²) in [6.07, 6.45) is 0. The van der Waals surface area contributed by atoms with E-state index < -0.39 is 0 Å². The summed E-state index contributed by atoms with van der Waals surface area (Å²) < 4.78 is 2.37. The van der Waals surface area contributed by atoms with E-state index in [-0.39, 0.29) is 0 Å². The molecule has 2 nitrogen and oxygen atoms in total. The number of imidazole rings is 1. The van der Waals surface area contributed by atoms with Gasteiger partial charge in [0.25, 0.3) is 0 Å². The first-order valence-electron chi connectivity index (χ1n) is 5.22. The topological polar surface area (TPSA) is 17.8 Å². The minimum atomic E-state index is 0.599. The van der Waals surface area contributed by atoms with Gasteiger partial charge in [0, 0.05) is 12.5 Å². The molecule has 1 aromatic carbocycles. The molecule has 0 unspecified atom stereocenters. The maximum Gasteiger partial charge on any atom is 0.113 e. The Morgan fingerprint density at radius 2 is 2.07 bits per heavy atom. The van der Waals surface area contributed by atoms with Crippen LogP contribution < -0.4 is 0 Å². The van der Waals surface area contributed by atoms with Crippen molar-refractivity contribution in [2.45, 2.75) is 26.3 Å². The van der Waals surface area contributed by atoms with E-state index in [2.05, 4.69) is 47.7 Å². The largest absolute Gasteiger partial charge is 0.327 e. The summed E-state index contributed by atoms with van der Waals surface area (Å²) in [5.41, 5.74) is 2.43. The lowest BCUT2D eigenvalue weighted by molar-refractivity contribution is 0.503. The molecule has 2 aromatic rings. The van der Waals surface area contributed by atoms with Gasteiger partial charge < -0.3 is 4.57 Å². The summed E-state index contributed by atoms with van der Waals surface area (Å²) in [6.45, 7) is 5.69. The number of fused-ring (bicyclic) bond motifs is 3. The van der Waals surface area contributed by atoms with E-state index in [4.69, 9.17) is 0 Å². The van der Waals surface area contributed by atoms with Gasteiger partial charge in [-0.2, -0.15) is 0 Å². The molecule has 1 aromatic heterocycles. The van der Waals surface area contributed by atoms with Gasteiger partial charge in [-0.05, 0) is 18.1 Å². The lowest BCUT2D eigenvalue weighted by atomic mass is 9.99. The standard InChI is InChI=1S/C12H14N2/c1-8-7-14-11-6-4-3-5-10(11)13-12(14)9(8)2/h3-6,8-9H,7H2,1-2H3/t8-,9+/m0/s1. The van der Waals surface area contributed by atoms with Crippen molar-refractivity contribution in [2.75, 3.05) is 0 Å². The fraction of sp³-hybridized carbons (Fsp3) is 0.417. The second-order valence-electron chi connectivity index (χ2n) is 4.34. The van der Waals surface area contributed by atoms with Gasteiger partial charge in [0.05, 0.1) is 11.0 Å². The molecule has 2 heterocycles. The zero-order valence-electron chi connectivity index (χ0n) is 8.57. The average molecular weight is 186 g/mol. The molecule has 1 aliphatic heterocycles. The van der Waals surface area contributed by atoms with Gasteiger partial charge >= 0.3 is 0 Å². The molecule has 0 saturated heterocycles. The van der Waals surface area contributed by atoms with Gasteiger partial charge in [0.2, 0.25) is 0 Å². The van der Waals surface area contributed by atoms with E-state index in [1.165, 1.54) is 11.3 Å². The highest BCUT2D eigenvalue weighted by atomic mass is 15.1. The lowest BCUT2D eigenvalue weighted by Crippen LogP contribution is -2.00. The van der Waals surface area contributed by atoms with Crippen molar-refractivity contribution in [1.82, 2.24) is 9.55 Å². The zero-order chi connectivity index (χ0) is 9.71. The van der Waals surface area contributed by atoms with Crippen LogP contribution in [0.3, 0.4) is 0 Å². The van der Waals surface area contributed by atoms with Crippen LogP contribution in [0.15, 0.2) is 24.3 Å². The number of hydrogen-bond acceptors (Lipinski definition) is 1. The maximum atomic E-state index is 4.69. The van der Waals surface area contributed by atoms with Crippen LogP contribution in [0.5, 0.6) is 0 Å². The van der Waals surface area contributed by atoms with Crippen molar-refractivity contribution in [3.8, 4) is 0 Å². The molecule has 14 heavy (non-hydrogen) atoms. The molecule has 0 fully saturated rings. The highest BCUT2D eigenvalue weighted by Crippen LogP contribution is 2.34. The summed E-state index contributed by atoms with van der Waals surface area (Å²) in [7, 11) is 0. The molecule has 0 aliphatic carbocycles. The fourth-order valence-electron chi connectivity index (χ4n) is 2.33. The Bertz CT molecular complexity index is 484. The van der Waals surface area contributed by atoms with Crippen LogP contribution in [0.4, 0.5) is 0 Å². The zero-order valence-corrected chi connectivity index (χ0v) is 8.57. The fourth-order valence-corrected chi connectivity index (χ4v) is 2.33. The monoisotopic (exact) mass is 186 g/mol. The van der Waals surface area contributed by atoms with Gasteiger partial charge in [-0.3, -0.25) is 0 Å². The normalized spacial score (nSPS) is 25.6. The molecular formula is C12H14N2. The molecule has 0 bridgehead atoms. The summed E-state index contributed by atoms with van der Waals surface area (Å²) in [5, 5.41) is 0. The van der Waals surface area contributed by atoms with Crippen LogP contribution >= 0.6 is 0 Å². The predicted octanol–water partition coefficient (Wildman–Crippen LogP) is 2.79. The third-order valence-electron chi connectivity index (χ3n) is 3.42. The van der Waals surface area contributed by atoms with Gasteiger partial charge in [-0.15, -0.1) is 0 Å². The van der Waals surface area contributed by atoms with Crippen LogP contribution in [0.25, 0.3) is 11.0 Å². The smallest absolute Gasteiger partial charge is 0.113 e. The highest BCUT2D eigenvalue weighted by Gasteiger charge is 2.28.